The highest BCUT2D eigenvalue weighted by molar-refractivity contribution is 5.79. The highest BCUT2D eigenvalue weighted by Gasteiger charge is 2.31. The molecule has 5 heteroatoms. The van der Waals surface area contributed by atoms with E-state index in [9.17, 15) is 9.59 Å². The number of carbonyl (C=O) groups is 2. The van der Waals surface area contributed by atoms with Gasteiger partial charge in [0.1, 0.15) is 0 Å². The number of esters is 1. The lowest BCUT2D eigenvalue weighted by Crippen LogP contribution is -2.30. The van der Waals surface area contributed by atoms with E-state index >= 15 is 0 Å². The number of rotatable bonds is 4. The van der Waals surface area contributed by atoms with Crippen LogP contribution in [0.15, 0.2) is 0 Å². The van der Waals surface area contributed by atoms with Gasteiger partial charge in [-0.15, -0.1) is 0 Å². The first-order chi connectivity index (χ1) is 7.19. The molecule has 0 aromatic heterocycles. The Morgan fingerprint density at radius 2 is 2.27 bits per heavy atom. The number of nitrogens with zero attached hydrogens (tertiary/aromatic N) is 1. The summed E-state index contributed by atoms with van der Waals surface area (Å²) in [5, 5.41) is 8.59. The van der Waals surface area contributed by atoms with Crippen molar-refractivity contribution in [3.8, 4) is 0 Å². The summed E-state index contributed by atoms with van der Waals surface area (Å²) < 4.78 is 4.63. The molecule has 1 amide bonds. The second-order valence-electron chi connectivity index (χ2n) is 3.68. The van der Waals surface area contributed by atoms with Crippen LogP contribution >= 0.6 is 0 Å². The summed E-state index contributed by atoms with van der Waals surface area (Å²) in [4.78, 5) is 24.4. The molecule has 15 heavy (non-hydrogen) atoms. The smallest absolute Gasteiger partial charge is 0.310 e. The number of carbonyl (C=O) groups excluding carboxylic acids is 2. The molecule has 1 unspecified atom stereocenters. The summed E-state index contributed by atoms with van der Waals surface area (Å²) in [6.07, 6.45) is 1.51. The van der Waals surface area contributed by atoms with Crippen molar-refractivity contribution in [2.45, 2.75) is 19.3 Å². The molecule has 0 aromatic rings. The van der Waals surface area contributed by atoms with Gasteiger partial charge in [0.2, 0.25) is 5.91 Å². The zero-order valence-electron chi connectivity index (χ0n) is 8.94. The molecule has 1 aliphatic rings. The minimum atomic E-state index is -0.243. The molecular formula is C10H17NO4. The number of hydrogen-bond donors (Lipinski definition) is 1. The number of aliphatic hydroxyl groups is 1. The first-order valence-corrected chi connectivity index (χ1v) is 5.15. The van der Waals surface area contributed by atoms with E-state index < -0.39 is 0 Å². The molecule has 5 nitrogen and oxygen atoms in total. The number of ether oxygens (including phenoxy) is 1. The lowest BCUT2D eigenvalue weighted by molar-refractivity contribution is -0.145. The average molecular weight is 215 g/mol. The van der Waals surface area contributed by atoms with E-state index in [-0.39, 0.29) is 24.4 Å². The normalized spacial score (nSPS) is 20.4. The summed E-state index contributed by atoms with van der Waals surface area (Å²) in [6, 6.07) is 0. The minimum absolute atomic E-state index is 0.00968. The predicted octanol–water partition coefficient (Wildman–Crippen LogP) is -0.220. The van der Waals surface area contributed by atoms with Gasteiger partial charge in [-0.05, 0) is 12.8 Å². The van der Waals surface area contributed by atoms with Crippen LogP contribution in [0.25, 0.3) is 0 Å². The van der Waals surface area contributed by atoms with E-state index in [0.717, 1.165) is 0 Å². The van der Waals surface area contributed by atoms with Crippen LogP contribution in [0.4, 0.5) is 0 Å². The molecule has 1 rings (SSSR count). The van der Waals surface area contributed by atoms with Gasteiger partial charge in [0.25, 0.3) is 0 Å². The lowest BCUT2D eigenvalue weighted by Gasteiger charge is -2.15. The topological polar surface area (TPSA) is 66.8 Å². The fourth-order valence-electron chi connectivity index (χ4n) is 1.73. The van der Waals surface area contributed by atoms with Gasteiger partial charge in [-0.2, -0.15) is 0 Å². The molecule has 0 bridgehead atoms. The van der Waals surface area contributed by atoms with Gasteiger partial charge in [0.05, 0.1) is 13.0 Å². The van der Waals surface area contributed by atoms with Gasteiger partial charge in [0.15, 0.2) is 0 Å². The second kappa shape index (κ2) is 5.70. The van der Waals surface area contributed by atoms with Gasteiger partial charge in [-0.25, -0.2) is 0 Å². The fraction of sp³-hybridized carbons (Fsp3) is 0.800. The van der Waals surface area contributed by atoms with Crippen molar-refractivity contribution in [2.24, 2.45) is 5.92 Å². The summed E-state index contributed by atoms with van der Waals surface area (Å²) in [6.45, 7) is 1.10. The largest absolute Gasteiger partial charge is 0.469 e. The lowest BCUT2D eigenvalue weighted by atomic mass is 10.1. The molecule has 0 aromatic carbocycles. The minimum Gasteiger partial charge on any atom is -0.469 e. The van der Waals surface area contributed by atoms with Crippen molar-refractivity contribution in [3.05, 3.63) is 0 Å². The molecule has 1 N–H and O–H groups in total. The average Bonchev–Trinajstić information content (AvgIpc) is 2.74. The van der Waals surface area contributed by atoms with E-state index in [2.05, 4.69) is 4.74 Å². The molecule has 86 valence electrons. The Morgan fingerprint density at radius 3 is 2.87 bits per heavy atom. The van der Waals surface area contributed by atoms with Gasteiger partial charge >= 0.3 is 5.97 Å². The van der Waals surface area contributed by atoms with Gasteiger partial charge in [0, 0.05) is 26.1 Å². The van der Waals surface area contributed by atoms with Crippen LogP contribution in [-0.4, -0.2) is 48.7 Å². The van der Waals surface area contributed by atoms with Crippen molar-refractivity contribution in [2.75, 3.05) is 26.8 Å². The van der Waals surface area contributed by atoms with Crippen molar-refractivity contribution < 1.29 is 19.4 Å². The van der Waals surface area contributed by atoms with Gasteiger partial charge in [-0.1, -0.05) is 0 Å². The molecule has 1 fully saturated rings. The second-order valence-corrected chi connectivity index (χ2v) is 3.68. The molecule has 1 heterocycles. The highest BCUT2D eigenvalue weighted by Crippen LogP contribution is 2.18. The van der Waals surface area contributed by atoms with E-state index in [4.69, 9.17) is 5.11 Å². The van der Waals surface area contributed by atoms with Crippen LogP contribution in [0.3, 0.4) is 0 Å². The van der Waals surface area contributed by atoms with Crippen LogP contribution in [0.5, 0.6) is 0 Å². The van der Waals surface area contributed by atoms with Gasteiger partial charge in [-0.3, -0.25) is 9.59 Å². The summed E-state index contributed by atoms with van der Waals surface area (Å²) >= 11 is 0. The quantitative estimate of drug-likeness (QED) is 0.658. The molecule has 1 atom stereocenters. The van der Waals surface area contributed by atoms with Crippen molar-refractivity contribution in [1.29, 1.82) is 0 Å². The summed E-state index contributed by atoms with van der Waals surface area (Å²) in [7, 11) is 1.36. The Hall–Kier alpha value is -1.10. The Labute approximate surface area is 89.0 Å². The number of aliphatic hydroxyl groups excluding tert-OH is 1. The van der Waals surface area contributed by atoms with Crippen LogP contribution < -0.4 is 0 Å². The number of hydrogen-bond acceptors (Lipinski definition) is 4. The van der Waals surface area contributed by atoms with E-state index in [1.54, 1.807) is 4.90 Å². The standard InChI is InChI=1S/C10H17NO4/c1-15-10(14)8-4-5-11(7-8)9(13)3-2-6-12/h8,12H,2-7H2,1H3. The Kier molecular flexibility index (Phi) is 4.55. The van der Waals surface area contributed by atoms with Crippen molar-refractivity contribution in [3.63, 3.8) is 0 Å². The van der Waals surface area contributed by atoms with Crippen molar-refractivity contribution in [1.82, 2.24) is 4.90 Å². The maximum absolute atomic E-state index is 11.5. The van der Waals surface area contributed by atoms with Crippen LogP contribution in [0.1, 0.15) is 19.3 Å². The zero-order valence-corrected chi connectivity index (χ0v) is 8.94. The summed E-state index contributed by atoms with van der Waals surface area (Å²) in [5.41, 5.74) is 0. The molecule has 1 saturated heterocycles. The van der Waals surface area contributed by atoms with E-state index in [1.165, 1.54) is 7.11 Å². The Balaban J connectivity index is 2.35. The predicted molar refractivity (Wildman–Crippen MR) is 53.0 cm³/mol. The van der Waals surface area contributed by atoms with Crippen LogP contribution in [-0.2, 0) is 14.3 Å². The van der Waals surface area contributed by atoms with Crippen LogP contribution in [0, 0.1) is 5.92 Å². The van der Waals surface area contributed by atoms with Crippen molar-refractivity contribution >= 4 is 11.9 Å². The third-order valence-corrected chi connectivity index (χ3v) is 2.62. The van der Waals surface area contributed by atoms with Crippen LogP contribution in [0.2, 0.25) is 0 Å². The monoisotopic (exact) mass is 215 g/mol. The van der Waals surface area contributed by atoms with E-state index in [1.807, 2.05) is 0 Å². The molecule has 0 saturated carbocycles. The zero-order chi connectivity index (χ0) is 11.3. The first kappa shape index (κ1) is 12.0. The maximum atomic E-state index is 11.5. The fourth-order valence-corrected chi connectivity index (χ4v) is 1.73. The first-order valence-electron chi connectivity index (χ1n) is 5.15. The number of likely N-dealkylation sites (tertiary alicyclic amines) is 1. The third kappa shape index (κ3) is 3.20. The SMILES string of the molecule is COC(=O)C1CCN(C(=O)CCCO)C1. The number of methoxy groups -OCH3 is 1. The van der Waals surface area contributed by atoms with Gasteiger partial charge < -0.3 is 14.7 Å². The molecule has 0 spiro atoms. The highest BCUT2D eigenvalue weighted by atomic mass is 16.5. The summed E-state index contributed by atoms with van der Waals surface area (Å²) in [5.74, 6) is -0.406. The molecule has 0 radical (unpaired) electrons. The Bertz CT molecular complexity index is 242. The number of amides is 1. The molecule has 0 aliphatic carbocycles. The molecular weight excluding hydrogens is 198 g/mol. The van der Waals surface area contributed by atoms with E-state index in [0.29, 0.717) is 32.4 Å². The maximum Gasteiger partial charge on any atom is 0.310 e. The Morgan fingerprint density at radius 1 is 1.53 bits per heavy atom. The third-order valence-electron chi connectivity index (χ3n) is 2.62. The molecule has 1 aliphatic heterocycles.